The Morgan fingerprint density at radius 3 is 2.81 bits per heavy atom. The molecule has 3 nitrogen and oxygen atoms in total. The third-order valence-electron chi connectivity index (χ3n) is 2.62. The molecule has 1 aliphatic rings. The van der Waals surface area contributed by atoms with Crippen LogP contribution < -0.4 is 15.4 Å². The molecule has 1 heterocycles. The summed E-state index contributed by atoms with van der Waals surface area (Å²) in [6, 6.07) is 6.44. The van der Waals surface area contributed by atoms with Crippen LogP contribution in [0.2, 0.25) is 0 Å². The van der Waals surface area contributed by atoms with Gasteiger partial charge < -0.3 is 15.4 Å². The van der Waals surface area contributed by atoms with Crippen LogP contribution in [0.5, 0.6) is 5.75 Å². The van der Waals surface area contributed by atoms with Gasteiger partial charge in [0.25, 0.3) is 0 Å². The molecule has 0 radical (unpaired) electrons. The van der Waals surface area contributed by atoms with Gasteiger partial charge in [0.15, 0.2) is 0 Å². The van der Waals surface area contributed by atoms with Crippen molar-refractivity contribution in [3.8, 4) is 5.75 Å². The van der Waals surface area contributed by atoms with Crippen molar-refractivity contribution >= 4 is 28.3 Å². The summed E-state index contributed by atoms with van der Waals surface area (Å²) in [7, 11) is 1.69. The minimum atomic E-state index is 0. The van der Waals surface area contributed by atoms with Crippen molar-refractivity contribution in [3.05, 3.63) is 28.2 Å². The van der Waals surface area contributed by atoms with E-state index in [2.05, 4.69) is 32.6 Å². The molecule has 0 spiro atoms. The average molecular weight is 308 g/mol. The Bertz CT molecular complexity index is 343. The van der Waals surface area contributed by atoms with E-state index in [0.29, 0.717) is 6.04 Å². The number of benzene rings is 1. The predicted octanol–water partition coefficient (Wildman–Crippen LogP) is 2.11. The van der Waals surface area contributed by atoms with Crippen molar-refractivity contribution in [1.82, 2.24) is 10.6 Å². The number of ether oxygens (including phenoxy) is 1. The summed E-state index contributed by atoms with van der Waals surface area (Å²) in [5.74, 6) is 0.903. The molecule has 1 atom stereocenters. The van der Waals surface area contributed by atoms with Crippen LogP contribution in [0.25, 0.3) is 0 Å². The fourth-order valence-corrected chi connectivity index (χ4v) is 2.31. The first-order valence-electron chi connectivity index (χ1n) is 5.09. The van der Waals surface area contributed by atoms with Crippen molar-refractivity contribution in [2.75, 3.05) is 26.7 Å². The van der Waals surface area contributed by atoms with Crippen molar-refractivity contribution in [2.24, 2.45) is 0 Å². The molecule has 90 valence electrons. The zero-order valence-corrected chi connectivity index (χ0v) is 11.5. The van der Waals surface area contributed by atoms with Gasteiger partial charge in [-0.3, -0.25) is 0 Å². The summed E-state index contributed by atoms with van der Waals surface area (Å²) in [6.07, 6.45) is 0. The lowest BCUT2D eigenvalue weighted by Crippen LogP contribution is -2.42. The normalized spacial score (nSPS) is 20.0. The van der Waals surface area contributed by atoms with E-state index in [4.69, 9.17) is 4.74 Å². The molecule has 0 bridgehead atoms. The third-order valence-corrected chi connectivity index (χ3v) is 3.34. The minimum Gasteiger partial charge on any atom is -0.497 e. The Balaban J connectivity index is 0.00000128. The lowest BCUT2D eigenvalue weighted by atomic mass is 10.1. The fraction of sp³-hybridized carbons (Fsp3) is 0.455. The minimum absolute atomic E-state index is 0. The lowest BCUT2D eigenvalue weighted by Gasteiger charge is -2.26. The van der Waals surface area contributed by atoms with Gasteiger partial charge in [-0.15, -0.1) is 12.4 Å². The lowest BCUT2D eigenvalue weighted by molar-refractivity contribution is 0.406. The number of methoxy groups -OCH3 is 1. The highest BCUT2D eigenvalue weighted by atomic mass is 79.9. The molecule has 0 saturated carbocycles. The van der Waals surface area contributed by atoms with Gasteiger partial charge in [-0.25, -0.2) is 0 Å². The van der Waals surface area contributed by atoms with Crippen LogP contribution in [-0.2, 0) is 0 Å². The smallest absolute Gasteiger partial charge is 0.119 e. The molecule has 1 aliphatic heterocycles. The van der Waals surface area contributed by atoms with Crippen LogP contribution in [0.1, 0.15) is 11.6 Å². The molecule has 5 heteroatoms. The SMILES string of the molecule is COc1ccc(Br)c([C@@H]2CNCCN2)c1.Cl. The third kappa shape index (κ3) is 3.10. The summed E-state index contributed by atoms with van der Waals surface area (Å²) < 4.78 is 6.36. The molecule has 1 saturated heterocycles. The first kappa shape index (κ1) is 13.8. The number of hydrogen-bond acceptors (Lipinski definition) is 3. The molecule has 0 amide bonds. The molecule has 2 rings (SSSR count). The standard InChI is InChI=1S/C11H15BrN2O.ClH/c1-15-8-2-3-10(12)9(6-8)11-7-13-4-5-14-11;/h2-3,6,11,13-14H,4-5,7H2,1H3;1H/t11-;/m0./s1. The van der Waals surface area contributed by atoms with E-state index in [1.165, 1.54) is 5.56 Å². The van der Waals surface area contributed by atoms with Crippen LogP contribution in [0.15, 0.2) is 22.7 Å². The maximum absolute atomic E-state index is 5.23. The molecule has 1 aromatic rings. The van der Waals surface area contributed by atoms with Crippen LogP contribution >= 0.6 is 28.3 Å². The summed E-state index contributed by atoms with van der Waals surface area (Å²) >= 11 is 3.57. The number of rotatable bonds is 2. The van der Waals surface area contributed by atoms with Crippen LogP contribution in [0.4, 0.5) is 0 Å². The second kappa shape index (κ2) is 6.45. The van der Waals surface area contributed by atoms with Gasteiger partial charge in [0.05, 0.1) is 7.11 Å². The monoisotopic (exact) mass is 306 g/mol. The Hall–Kier alpha value is -0.290. The summed E-state index contributed by atoms with van der Waals surface area (Å²) in [5.41, 5.74) is 1.25. The first-order valence-corrected chi connectivity index (χ1v) is 5.88. The summed E-state index contributed by atoms with van der Waals surface area (Å²) in [5, 5.41) is 6.85. The van der Waals surface area contributed by atoms with E-state index in [9.17, 15) is 0 Å². The quantitative estimate of drug-likeness (QED) is 0.878. The van der Waals surface area contributed by atoms with E-state index in [-0.39, 0.29) is 12.4 Å². The predicted molar refractivity (Wildman–Crippen MR) is 71.6 cm³/mol. The molecule has 0 aromatic heterocycles. The van der Waals surface area contributed by atoms with E-state index >= 15 is 0 Å². The van der Waals surface area contributed by atoms with Gasteiger partial charge in [-0.05, 0) is 23.8 Å². The maximum Gasteiger partial charge on any atom is 0.119 e. The number of hydrogen-bond donors (Lipinski definition) is 2. The van der Waals surface area contributed by atoms with Crippen molar-refractivity contribution < 1.29 is 4.74 Å². The Morgan fingerprint density at radius 2 is 2.19 bits per heavy atom. The van der Waals surface area contributed by atoms with Crippen LogP contribution in [0, 0.1) is 0 Å². The highest BCUT2D eigenvalue weighted by Gasteiger charge is 2.17. The van der Waals surface area contributed by atoms with E-state index in [1.54, 1.807) is 7.11 Å². The second-order valence-electron chi connectivity index (χ2n) is 3.60. The second-order valence-corrected chi connectivity index (χ2v) is 4.45. The molecule has 1 aromatic carbocycles. The van der Waals surface area contributed by atoms with Gasteiger partial charge >= 0.3 is 0 Å². The van der Waals surface area contributed by atoms with E-state index in [0.717, 1.165) is 29.9 Å². The van der Waals surface area contributed by atoms with Crippen molar-refractivity contribution in [3.63, 3.8) is 0 Å². The topological polar surface area (TPSA) is 33.3 Å². The average Bonchev–Trinajstić information content (AvgIpc) is 2.31. The van der Waals surface area contributed by atoms with Gasteiger partial charge in [-0.2, -0.15) is 0 Å². The maximum atomic E-state index is 5.23. The fourth-order valence-electron chi connectivity index (χ4n) is 1.79. The number of piperazine rings is 1. The van der Waals surface area contributed by atoms with Crippen LogP contribution in [0.3, 0.4) is 0 Å². The summed E-state index contributed by atoms with van der Waals surface area (Å²) in [6.45, 7) is 3.01. The highest BCUT2D eigenvalue weighted by molar-refractivity contribution is 9.10. The van der Waals surface area contributed by atoms with E-state index < -0.39 is 0 Å². The van der Waals surface area contributed by atoms with Gasteiger partial charge in [0, 0.05) is 30.1 Å². The Morgan fingerprint density at radius 1 is 1.38 bits per heavy atom. The molecular formula is C11H16BrClN2O. The zero-order valence-electron chi connectivity index (χ0n) is 9.13. The van der Waals surface area contributed by atoms with E-state index in [1.807, 2.05) is 12.1 Å². The number of halogens is 2. The highest BCUT2D eigenvalue weighted by Crippen LogP contribution is 2.27. The molecular weight excluding hydrogens is 291 g/mol. The van der Waals surface area contributed by atoms with Gasteiger partial charge in [0.2, 0.25) is 0 Å². The molecule has 0 aliphatic carbocycles. The van der Waals surface area contributed by atoms with Gasteiger partial charge in [-0.1, -0.05) is 15.9 Å². The molecule has 0 unspecified atom stereocenters. The van der Waals surface area contributed by atoms with Crippen LogP contribution in [-0.4, -0.2) is 26.7 Å². The largest absolute Gasteiger partial charge is 0.497 e. The molecule has 2 N–H and O–H groups in total. The van der Waals surface area contributed by atoms with Gasteiger partial charge in [0.1, 0.15) is 5.75 Å². The molecule has 1 fully saturated rings. The zero-order chi connectivity index (χ0) is 10.7. The number of nitrogens with one attached hydrogen (secondary N) is 2. The van der Waals surface area contributed by atoms with Crippen molar-refractivity contribution in [2.45, 2.75) is 6.04 Å². The Kier molecular flexibility index (Phi) is 5.55. The summed E-state index contributed by atoms with van der Waals surface area (Å²) in [4.78, 5) is 0. The molecule has 16 heavy (non-hydrogen) atoms. The van der Waals surface area contributed by atoms with Crippen molar-refractivity contribution in [1.29, 1.82) is 0 Å². The first-order chi connectivity index (χ1) is 7.31. The Labute approximate surface area is 110 Å².